The van der Waals surface area contributed by atoms with E-state index < -0.39 is 6.16 Å². The maximum Gasteiger partial charge on any atom is 0.519 e. The number of benzene rings is 4. The quantitative estimate of drug-likeness (QED) is 0.215. The number of hydrogen-bond donors (Lipinski definition) is 0. The van der Waals surface area contributed by atoms with Gasteiger partial charge in [0.1, 0.15) is 5.75 Å². The summed E-state index contributed by atoms with van der Waals surface area (Å²) in [5, 5.41) is 3.95. The fraction of sp³-hybridized carbons (Fsp3) is 0. The zero-order valence-electron chi connectivity index (χ0n) is 13.4. The predicted octanol–water partition coefficient (Wildman–Crippen LogP) is 6.88. The Kier molecular flexibility index (Phi) is 4.41. The van der Waals surface area contributed by atoms with Crippen molar-refractivity contribution in [1.82, 2.24) is 0 Å². The minimum absolute atomic E-state index is 0.325. The molecule has 3 nitrogen and oxygen atoms in total. The van der Waals surface area contributed by atoms with E-state index in [1.807, 2.05) is 30.3 Å². The van der Waals surface area contributed by atoms with Crippen molar-refractivity contribution in [2.75, 3.05) is 0 Å². The van der Waals surface area contributed by atoms with E-state index in [-0.39, 0.29) is 0 Å². The molecule has 0 unspecified atom stereocenters. The van der Waals surface area contributed by atoms with Crippen LogP contribution in [0.15, 0.2) is 72.8 Å². The number of rotatable bonds is 2. The molecule has 0 heterocycles. The highest BCUT2D eigenvalue weighted by molar-refractivity contribution is 6.39. The molecule has 0 aliphatic rings. The zero-order chi connectivity index (χ0) is 18.1. The van der Waals surface area contributed by atoms with Crippen LogP contribution in [0.1, 0.15) is 0 Å². The summed E-state index contributed by atoms with van der Waals surface area (Å²) in [5.41, 5.74) is 0. The van der Waals surface area contributed by atoms with E-state index in [9.17, 15) is 4.79 Å². The van der Waals surface area contributed by atoms with Gasteiger partial charge in [0.25, 0.3) is 0 Å². The predicted molar refractivity (Wildman–Crippen MR) is 105 cm³/mol. The molecular formula is C21H12Cl2O3. The van der Waals surface area contributed by atoms with Crippen LogP contribution in [0.5, 0.6) is 11.5 Å². The third kappa shape index (κ3) is 3.07. The number of para-hydroxylation sites is 1. The van der Waals surface area contributed by atoms with E-state index in [0.717, 1.165) is 10.8 Å². The Labute approximate surface area is 159 Å². The Morgan fingerprint density at radius 1 is 0.731 bits per heavy atom. The van der Waals surface area contributed by atoms with E-state index in [1.165, 1.54) is 0 Å². The summed E-state index contributed by atoms with van der Waals surface area (Å²) in [4.78, 5) is 12.3. The number of halogens is 2. The van der Waals surface area contributed by atoms with Crippen molar-refractivity contribution in [3.05, 3.63) is 82.8 Å². The molecule has 4 aromatic carbocycles. The van der Waals surface area contributed by atoms with Crippen molar-refractivity contribution < 1.29 is 14.3 Å². The van der Waals surface area contributed by atoms with Crippen molar-refractivity contribution in [2.45, 2.75) is 0 Å². The molecule has 4 aromatic rings. The number of hydrogen-bond acceptors (Lipinski definition) is 3. The number of ether oxygens (including phenoxy) is 2. The molecule has 0 aliphatic heterocycles. The Morgan fingerprint density at radius 2 is 1.46 bits per heavy atom. The van der Waals surface area contributed by atoms with Crippen LogP contribution in [0.3, 0.4) is 0 Å². The monoisotopic (exact) mass is 382 g/mol. The highest BCUT2D eigenvalue weighted by Gasteiger charge is 2.17. The van der Waals surface area contributed by atoms with Crippen molar-refractivity contribution in [2.24, 2.45) is 0 Å². The Hall–Kier alpha value is -2.75. The zero-order valence-corrected chi connectivity index (χ0v) is 14.9. The summed E-state index contributed by atoms with van der Waals surface area (Å²) >= 11 is 12.7. The first kappa shape index (κ1) is 16.7. The number of carbonyl (C=O) groups is 1. The van der Waals surface area contributed by atoms with Gasteiger partial charge >= 0.3 is 6.16 Å². The Balaban J connectivity index is 1.86. The average Bonchev–Trinajstić information content (AvgIpc) is 2.63. The van der Waals surface area contributed by atoms with Crippen LogP contribution in [0, 0.1) is 0 Å². The SMILES string of the molecule is O=C(Oc1ccccc1)Oc1c2cccc(Cl)c2cc2cccc(Cl)c12. The standard InChI is InChI=1S/C21H12Cl2O3/c22-17-10-5-9-15-16(17)12-13-6-4-11-18(23)19(13)20(15)26-21(24)25-14-7-2-1-3-8-14/h1-12H. The lowest BCUT2D eigenvalue weighted by Crippen LogP contribution is -2.14. The molecule has 5 heteroatoms. The van der Waals surface area contributed by atoms with Gasteiger partial charge in [0.15, 0.2) is 5.75 Å². The van der Waals surface area contributed by atoms with E-state index in [1.54, 1.807) is 42.5 Å². The largest absolute Gasteiger partial charge is 0.519 e. The van der Waals surface area contributed by atoms with Gasteiger partial charge in [0, 0.05) is 21.2 Å². The maximum absolute atomic E-state index is 12.3. The van der Waals surface area contributed by atoms with Gasteiger partial charge < -0.3 is 9.47 Å². The lowest BCUT2D eigenvalue weighted by atomic mass is 10.0. The fourth-order valence-electron chi connectivity index (χ4n) is 2.87. The molecule has 0 atom stereocenters. The van der Waals surface area contributed by atoms with Gasteiger partial charge in [0.2, 0.25) is 0 Å². The molecule has 0 saturated carbocycles. The maximum atomic E-state index is 12.3. The smallest absolute Gasteiger partial charge is 0.395 e. The van der Waals surface area contributed by atoms with E-state index in [2.05, 4.69) is 0 Å². The molecule has 0 bridgehead atoms. The van der Waals surface area contributed by atoms with Gasteiger partial charge in [-0.25, -0.2) is 4.79 Å². The van der Waals surface area contributed by atoms with Crippen LogP contribution in [0.2, 0.25) is 10.0 Å². The van der Waals surface area contributed by atoms with Crippen molar-refractivity contribution in [3.63, 3.8) is 0 Å². The second-order valence-corrected chi connectivity index (χ2v) is 6.46. The molecule has 0 fully saturated rings. The van der Waals surface area contributed by atoms with Crippen LogP contribution in [-0.4, -0.2) is 6.16 Å². The topological polar surface area (TPSA) is 35.5 Å². The average molecular weight is 383 g/mol. The van der Waals surface area contributed by atoms with E-state index in [0.29, 0.717) is 32.3 Å². The fourth-order valence-corrected chi connectivity index (χ4v) is 3.36. The van der Waals surface area contributed by atoms with Gasteiger partial charge in [-0.05, 0) is 35.7 Å². The summed E-state index contributed by atoms with van der Waals surface area (Å²) in [7, 11) is 0. The molecule has 0 spiro atoms. The molecule has 26 heavy (non-hydrogen) atoms. The second-order valence-electron chi connectivity index (χ2n) is 5.65. The van der Waals surface area contributed by atoms with Crippen LogP contribution < -0.4 is 9.47 Å². The lowest BCUT2D eigenvalue weighted by Gasteiger charge is -2.13. The summed E-state index contributed by atoms with van der Waals surface area (Å²) < 4.78 is 10.8. The third-order valence-electron chi connectivity index (χ3n) is 4.00. The highest BCUT2D eigenvalue weighted by atomic mass is 35.5. The first-order chi connectivity index (χ1) is 12.6. The molecule has 0 N–H and O–H groups in total. The minimum atomic E-state index is -0.843. The first-order valence-electron chi connectivity index (χ1n) is 7.87. The number of fused-ring (bicyclic) bond motifs is 2. The molecule has 4 rings (SSSR count). The molecule has 0 saturated heterocycles. The molecule has 0 amide bonds. The minimum Gasteiger partial charge on any atom is -0.395 e. The summed E-state index contributed by atoms with van der Waals surface area (Å²) in [6, 6.07) is 21.5. The molecular weight excluding hydrogens is 371 g/mol. The second kappa shape index (κ2) is 6.87. The lowest BCUT2D eigenvalue weighted by molar-refractivity contribution is 0.153. The molecule has 0 aliphatic carbocycles. The van der Waals surface area contributed by atoms with Crippen LogP contribution in [-0.2, 0) is 0 Å². The third-order valence-corrected chi connectivity index (χ3v) is 4.64. The Morgan fingerprint density at radius 3 is 2.27 bits per heavy atom. The van der Waals surface area contributed by atoms with Crippen molar-refractivity contribution in [3.8, 4) is 11.5 Å². The van der Waals surface area contributed by atoms with Crippen LogP contribution >= 0.6 is 23.2 Å². The van der Waals surface area contributed by atoms with Gasteiger partial charge in [-0.3, -0.25) is 0 Å². The van der Waals surface area contributed by atoms with Crippen molar-refractivity contribution >= 4 is 50.9 Å². The van der Waals surface area contributed by atoms with Gasteiger partial charge in [-0.15, -0.1) is 0 Å². The molecule has 0 radical (unpaired) electrons. The summed E-state index contributed by atoms with van der Waals surface area (Å²) in [6.45, 7) is 0. The van der Waals surface area contributed by atoms with Gasteiger partial charge in [-0.1, -0.05) is 65.7 Å². The van der Waals surface area contributed by atoms with E-state index in [4.69, 9.17) is 32.7 Å². The van der Waals surface area contributed by atoms with Crippen LogP contribution in [0.4, 0.5) is 4.79 Å². The van der Waals surface area contributed by atoms with Gasteiger partial charge in [0.05, 0.1) is 5.02 Å². The normalized spacial score (nSPS) is 10.8. The first-order valence-corrected chi connectivity index (χ1v) is 8.63. The molecule has 0 aromatic heterocycles. The Bertz CT molecular complexity index is 1120. The van der Waals surface area contributed by atoms with Crippen molar-refractivity contribution in [1.29, 1.82) is 0 Å². The highest BCUT2D eigenvalue weighted by Crippen LogP contribution is 2.41. The molecule has 128 valence electrons. The summed E-state index contributed by atoms with van der Waals surface area (Å²) in [5.74, 6) is 0.720. The van der Waals surface area contributed by atoms with Gasteiger partial charge in [-0.2, -0.15) is 0 Å². The summed E-state index contributed by atoms with van der Waals surface area (Å²) in [6.07, 6.45) is -0.843. The van der Waals surface area contributed by atoms with Crippen LogP contribution in [0.25, 0.3) is 21.5 Å². The number of carbonyl (C=O) groups excluding carboxylic acids is 1. The van der Waals surface area contributed by atoms with E-state index >= 15 is 0 Å².